The maximum atomic E-state index is 13.0. The van der Waals surface area contributed by atoms with Crippen LogP contribution < -0.4 is 15.4 Å². The van der Waals surface area contributed by atoms with E-state index in [9.17, 15) is 9.59 Å². The summed E-state index contributed by atoms with van der Waals surface area (Å²) in [4.78, 5) is 27.4. The number of ether oxygens (including phenoxy) is 2. The average Bonchev–Trinajstić information content (AvgIpc) is 3.33. The number of rotatable bonds is 6. The molecule has 8 heteroatoms. The Morgan fingerprint density at radius 2 is 1.94 bits per heavy atom. The van der Waals surface area contributed by atoms with Crippen molar-refractivity contribution in [3.05, 3.63) is 53.6 Å². The zero-order valence-corrected chi connectivity index (χ0v) is 18.6. The minimum Gasteiger partial charge on any atom is -0.489 e. The Balaban J connectivity index is 1.36. The van der Waals surface area contributed by atoms with Crippen molar-refractivity contribution < 1.29 is 19.1 Å². The fourth-order valence-electron chi connectivity index (χ4n) is 4.02. The molecule has 0 radical (unpaired) electrons. The third kappa shape index (κ3) is 5.93. The molecular formula is C24H28ClN3O4. The van der Waals surface area contributed by atoms with Gasteiger partial charge in [0, 0.05) is 30.4 Å². The zero-order valence-electron chi connectivity index (χ0n) is 17.9. The normalized spacial score (nSPS) is 20.6. The molecule has 2 aliphatic heterocycles. The number of halogens is 1. The Hall–Kier alpha value is -2.77. The van der Waals surface area contributed by atoms with Crippen LogP contribution in [0.2, 0.25) is 5.02 Å². The lowest BCUT2D eigenvalue weighted by Crippen LogP contribution is -2.45. The van der Waals surface area contributed by atoms with Gasteiger partial charge in [-0.25, -0.2) is 4.79 Å². The molecule has 170 valence electrons. The zero-order chi connectivity index (χ0) is 22.3. The number of piperidine rings is 1. The van der Waals surface area contributed by atoms with E-state index in [-0.39, 0.29) is 24.0 Å². The smallest absolute Gasteiger partial charge is 0.321 e. The fraction of sp³-hybridized carbons (Fsp3) is 0.417. The molecule has 3 amide bonds. The van der Waals surface area contributed by atoms with Gasteiger partial charge in [-0.3, -0.25) is 4.79 Å². The second-order valence-corrected chi connectivity index (χ2v) is 8.59. The fourth-order valence-corrected chi connectivity index (χ4v) is 4.19. The quantitative estimate of drug-likeness (QED) is 0.654. The van der Waals surface area contributed by atoms with Crippen LogP contribution in [0, 0.1) is 5.92 Å². The van der Waals surface area contributed by atoms with Gasteiger partial charge < -0.3 is 25.0 Å². The lowest BCUT2D eigenvalue weighted by Gasteiger charge is -2.32. The van der Waals surface area contributed by atoms with E-state index in [0.29, 0.717) is 42.6 Å². The van der Waals surface area contributed by atoms with E-state index < -0.39 is 0 Å². The van der Waals surface area contributed by atoms with E-state index in [0.717, 1.165) is 31.6 Å². The lowest BCUT2D eigenvalue weighted by atomic mass is 9.97. The van der Waals surface area contributed by atoms with Crippen molar-refractivity contribution >= 4 is 34.9 Å². The van der Waals surface area contributed by atoms with Crippen LogP contribution in [0.5, 0.6) is 5.75 Å². The number of anilines is 2. The van der Waals surface area contributed by atoms with Crippen LogP contribution in [0.1, 0.15) is 25.7 Å². The molecule has 2 aromatic carbocycles. The molecule has 2 fully saturated rings. The van der Waals surface area contributed by atoms with Crippen molar-refractivity contribution in [3.63, 3.8) is 0 Å². The molecule has 2 aromatic rings. The van der Waals surface area contributed by atoms with Crippen LogP contribution in [0.4, 0.5) is 16.2 Å². The number of urea groups is 1. The SMILES string of the molecule is O=C(Nc1cc(Cl)ccc1OCC1CCCO1)C1CCCN(C(=O)Nc2ccccc2)C1. The molecule has 4 rings (SSSR count). The number of likely N-dealkylation sites (tertiary alicyclic amines) is 1. The molecule has 2 heterocycles. The minimum absolute atomic E-state index is 0.0734. The summed E-state index contributed by atoms with van der Waals surface area (Å²) in [6.07, 6.45) is 3.56. The molecule has 7 nitrogen and oxygen atoms in total. The van der Waals surface area contributed by atoms with Crippen LogP contribution in [0.3, 0.4) is 0 Å². The van der Waals surface area contributed by atoms with Crippen LogP contribution in [-0.2, 0) is 9.53 Å². The number of carbonyl (C=O) groups is 2. The van der Waals surface area contributed by atoms with Crippen molar-refractivity contribution in [2.75, 3.05) is 36.9 Å². The first kappa shape index (κ1) is 22.4. The summed E-state index contributed by atoms with van der Waals surface area (Å²) in [6, 6.07) is 14.3. The summed E-state index contributed by atoms with van der Waals surface area (Å²) in [5, 5.41) is 6.36. The van der Waals surface area contributed by atoms with Gasteiger partial charge in [0.15, 0.2) is 0 Å². The van der Waals surface area contributed by atoms with E-state index >= 15 is 0 Å². The Morgan fingerprint density at radius 1 is 1.09 bits per heavy atom. The first-order valence-corrected chi connectivity index (χ1v) is 11.4. The molecule has 0 saturated carbocycles. The molecule has 0 aliphatic carbocycles. The van der Waals surface area contributed by atoms with Crippen molar-refractivity contribution in [3.8, 4) is 5.75 Å². The monoisotopic (exact) mass is 457 g/mol. The summed E-state index contributed by atoms with van der Waals surface area (Å²) in [7, 11) is 0. The number of para-hydroxylation sites is 1. The Labute approximate surface area is 193 Å². The van der Waals surface area contributed by atoms with Crippen molar-refractivity contribution in [1.29, 1.82) is 0 Å². The molecule has 2 atom stereocenters. The van der Waals surface area contributed by atoms with Crippen LogP contribution in [0.25, 0.3) is 0 Å². The lowest BCUT2D eigenvalue weighted by molar-refractivity contribution is -0.121. The second kappa shape index (κ2) is 10.7. The number of hydrogen-bond donors (Lipinski definition) is 2. The van der Waals surface area contributed by atoms with E-state index in [2.05, 4.69) is 10.6 Å². The Bertz CT molecular complexity index is 934. The van der Waals surface area contributed by atoms with Gasteiger partial charge >= 0.3 is 6.03 Å². The average molecular weight is 458 g/mol. The summed E-state index contributed by atoms with van der Waals surface area (Å²) in [5.74, 6) is 0.106. The summed E-state index contributed by atoms with van der Waals surface area (Å²) >= 11 is 6.16. The summed E-state index contributed by atoms with van der Waals surface area (Å²) in [5.41, 5.74) is 1.27. The largest absolute Gasteiger partial charge is 0.489 e. The third-order valence-electron chi connectivity index (χ3n) is 5.75. The molecular weight excluding hydrogens is 430 g/mol. The van der Waals surface area contributed by atoms with Gasteiger partial charge in [0.2, 0.25) is 5.91 Å². The highest BCUT2D eigenvalue weighted by atomic mass is 35.5. The van der Waals surface area contributed by atoms with Gasteiger partial charge in [-0.1, -0.05) is 29.8 Å². The molecule has 0 spiro atoms. The summed E-state index contributed by atoms with van der Waals surface area (Å²) < 4.78 is 11.5. The topological polar surface area (TPSA) is 79.9 Å². The third-order valence-corrected chi connectivity index (χ3v) is 5.99. The van der Waals surface area contributed by atoms with Gasteiger partial charge in [0.25, 0.3) is 0 Å². The number of carbonyl (C=O) groups excluding carboxylic acids is 2. The highest BCUT2D eigenvalue weighted by molar-refractivity contribution is 6.31. The van der Waals surface area contributed by atoms with E-state index in [4.69, 9.17) is 21.1 Å². The van der Waals surface area contributed by atoms with Gasteiger partial charge in [0.1, 0.15) is 12.4 Å². The molecule has 2 aliphatic rings. The molecule has 0 aromatic heterocycles. The number of nitrogens with one attached hydrogen (secondary N) is 2. The van der Waals surface area contributed by atoms with Gasteiger partial charge in [0.05, 0.1) is 17.7 Å². The molecule has 2 unspecified atom stereocenters. The molecule has 0 bridgehead atoms. The Kier molecular flexibility index (Phi) is 7.50. The van der Waals surface area contributed by atoms with Crippen LogP contribution in [0.15, 0.2) is 48.5 Å². The number of benzene rings is 2. The van der Waals surface area contributed by atoms with Crippen molar-refractivity contribution in [2.24, 2.45) is 5.92 Å². The van der Waals surface area contributed by atoms with Crippen LogP contribution in [-0.4, -0.2) is 49.2 Å². The second-order valence-electron chi connectivity index (χ2n) is 8.16. The molecule has 2 N–H and O–H groups in total. The predicted octanol–water partition coefficient (Wildman–Crippen LogP) is 4.78. The van der Waals surface area contributed by atoms with E-state index in [1.807, 2.05) is 30.3 Å². The maximum Gasteiger partial charge on any atom is 0.321 e. The standard InChI is InChI=1S/C24H28ClN3O4/c25-18-10-11-22(32-16-20-9-5-13-31-20)21(14-18)27-23(29)17-6-4-12-28(15-17)24(30)26-19-7-2-1-3-8-19/h1-3,7-8,10-11,14,17,20H,4-6,9,12-13,15-16H2,(H,26,30)(H,27,29). The van der Waals surface area contributed by atoms with Gasteiger partial charge in [-0.05, 0) is 56.0 Å². The highest BCUT2D eigenvalue weighted by Gasteiger charge is 2.29. The van der Waals surface area contributed by atoms with E-state index in [1.165, 1.54) is 0 Å². The number of nitrogens with zero attached hydrogens (tertiary/aromatic N) is 1. The summed E-state index contributed by atoms with van der Waals surface area (Å²) in [6.45, 7) is 2.17. The van der Waals surface area contributed by atoms with Gasteiger partial charge in [-0.15, -0.1) is 0 Å². The van der Waals surface area contributed by atoms with Crippen molar-refractivity contribution in [2.45, 2.75) is 31.8 Å². The maximum absolute atomic E-state index is 13.0. The highest BCUT2D eigenvalue weighted by Crippen LogP contribution is 2.30. The van der Waals surface area contributed by atoms with Gasteiger partial charge in [-0.2, -0.15) is 0 Å². The first-order chi connectivity index (χ1) is 15.6. The predicted molar refractivity (Wildman–Crippen MR) is 124 cm³/mol. The molecule has 2 saturated heterocycles. The number of amides is 3. The molecule has 32 heavy (non-hydrogen) atoms. The van der Waals surface area contributed by atoms with Crippen molar-refractivity contribution in [1.82, 2.24) is 4.90 Å². The minimum atomic E-state index is -0.310. The van der Waals surface area contributed by atoms with E-state index in [1.54, 1.807) is 23.1 Å². The Morgan fingerprint density at radius 3 is 2.72 bits per heavy atom. The number of hydrogen-bond acceptors (Lipinski definition) is 4. The first-order valence-electron chi connectivity index (χ1n) is 11.0. The van der Waals surface area contributed by atoms with Crippen LogP contribution >= 0.6 is 11.6 Å².